The molecule has 0 aliphatic heterocycles. The van der Waals surface area contributed by atoms with E-state index in [1.807, 2.05) is 13.0 Å². The van der Waals surface area contributed by atoms with Crippen molar-refractivity contribution in [1.82, 2.24) is 9.97 Å². The van der Waals surface area contributed by atoms with E-state index in [9.17, 15) is 9.18 Å². The van der Waals surface area contributed by atoms with Crippen LogP contribution in [0.3, 0.4) is 0 Å². The van der Waals surface area contributed by atoms with Gasteiger partial charge in [0.15, 0.2) is 5.13 Å². The summed E-state index contributed by atoms with van der Waals surface area (Å²) in [4.78, 5) is 22.8. The fourth-order valence-electron chi connectivity index (χ4n) is 2.53. The minimum atomic E-state index is -0.205. The average Bonchev–Trinajstić information content (AvgIpc) is 3.18. The van der Waals surface area contributed by atoms with Crippen LogP contribution < -0.4 is 5.32 Å². The predicted octanol–water partition coefficient (Wildman–Crippen LogP) is 5.15. The third-order valence-corrected chi connectivity index (χ3v) is 6.03. The number of carbonyl (C=O) groups excluding carboxylic acids is 1. The Hall–Kier alpha value is -2.12. The van der Waals surface area contributed by atoms with Crippen LogP contribution in [0, 0.1) is 19.7 Å². The molecule has 0 saturated heterocycles. The standard InChI is InChI=1S/C19H20FN3OS2/c1-4-5-16-22-12(3)17(26-16)18(24)23-19-21-10-14(25-19)8-13-7-6-11(2)15(20)9-13/h6-7,9-10H,4-5,8H2,1-3H3,(H,21,23,24). The smallest absolute Gasteiger partial charge is 0.269 e. The van der Waals surface area contributed by atoms with Gasteiger partial charge in [-0.25, -0.2) is 14.4 Å². The molecule has 0 bridgehead atoms. The molecule has 0 aliphatic carbocycles. The van der Waals surface area contributed by atoms with Gasteiger partial charge in [0.2, 0.25) is 0 Å². The zero-order valence-corrected chi connectivity index (χ0v) is 16.6. The van der Waals surface area contributed by atoms with Crippen LogP contribution in [0.2, 0.25) is 0 Å². The fourth-order valence-corrected chi connectivity index (χ4v) is 4.44. The number of nitrogens with zero attached hydrogens (tertiary/aromatic N) is 2. The molecule has 1 N–H and O–H groups in total. The highest BCUT2D eigenvalue weighted by atomic mass is 32.1. The first-order valence-corrected chi connectivity index (χ1v) is 10.1. The number of nitrogens with one attached hydrogen (secondary N) is 1. The lowest BCUT2D eigenvalue weighted by Gasteiger charge is -2.01. The molecule has 0 radical (unpaired) electrons. The number of halogens is 1. The molecule has 0 spiro atoms. The van der Waals surface area contributed by atoms with E-state index in [0.717, 1.165) is 34.0 Å². The van der Waals surface area contributed by atoms with Gasteiger partial charge in [0, 0.05) is 17.5 Å². The van der Waals surface area contributed by atoms with E-state index in [0.29, 0.717) is 22.0 Å². The number of anilines is 1. The SMILES string of the molecule is CCCc1nc(C)c(C(=O)Nc2ncc(Cc3ccc(C)c(F)c3)s2)s1. The third kappa shape index (κ3) is 4.34. The van der Waals surface area contributed by atoms with Crippen molar-refractivity contribution in [3.63, 3.8) is 0 Å². The molecule has 0 unspecified atom stereocenters. The molecule has 0 aliphatic rings. The summed E-state index contributed by atoms with van der Waals surface area (Å²) in [7, 11) is 0. The first-order chi connectivity index (χ1) is 12.5. The van der Waals surface area contributed by atoms with Crippen LogP contribution in [0.15, 0.2) is 24.4 Å². The Morgan fingerprint density at radius 3 is 2.81 bits per heavy atom. The van der Waals surface area contributed by atoms with E-state index in [-0.39, 0.29) is 11.7 Å². The van der Waals surface area contributed by atoms with Gasteiger partial charge in [0.25, 0.3) is 5.91 Å². The lowest BCUT2D eigenvalue weighted by atomic mass is 10.1. The molecule has 7 heteroatoms. The van der Waals surface area contributed by atoms with Crippen molar-refractivity contribution in [2.45, 2.75) is 40.0 Å². The molecule has 2 heterocycles. The molecule has 1 aromatic carbocycles. The molecule has 136 valence electrons. The number of aryl methyl sites for hydroxylation is 3. The van der Waals surface area contributed by atoms with Crippen molar-refractivity contribution in [3.05, 3.63) is 61.8 Å². The minimum absolute atomic E-state index is 0.176. The van der Waals surface area contributed by atoms with Crippen LogP contribution in [-0.2, 0) is 12.8 Å². The van der Waals surface area contributed by atoms with Crippen LogP contribution in [0.1, 0.15) is 49.7 Å². The van der Waals surface area contributed by atoms with Crippen LogP contribution in [-0.4, -0.2) is 15.9 Å². The highest BCUT2D eigenvalue weighted by molar-refractivity contribution is 7.16. The Morgan fingerprint density at radius 1 is 1.27 bits per heavy atom. The Labute approximate surface area is 160 Å². The summed E-state index contributed by atoms with van der Waals surface area (Å²) >= 11 is 2.84. The number of aromatic nitrogens is 2. The summed E-state index contributed by atoms with van der Waals surface area (Å²) in [6.07, 6.45) is 4.20. The van der Waals surface area contributed by atoms with Gasteiger partial charge in [0.1, 0.15) is 10.7 Å². The van der Waals surface area contributed by atoms with Crippen molar-refractivity contribution in [3.8, 4) is 0 Å². The van der Waals surface area contributed by atoms with Crippen molar-refractivity contribution >= 4 is 33.7 Å². The number of amides is 1. The molecule has 3 rings (SSSR count). The zero-order chi connectivity index (χ0) is 18.7. The Balaban J connectivity index is 1.68. The van der Waals surface area contributed by atoms with Gasteiger partial charge < -0.3 is 0 Å². The van der Waals surface area contributed by atoms with E-state index < -0.39 is 0 Å². The van der Waals surface area contributed by atoms with Crippen LogP contribution >= 0.6 is 22.7 Å². The molecule has 0 saturated carbocycles. The van der Waals surface area contributed by atoms with Crippen molar-refractivity contribution < 1.29 is 9.18 Å². The van der Waals surface area contributed by atoms with Crippen molar-refractivity contribution in [1.29, 1.82) is 0 Å². The number of rotatable bonds is 6. The molecule has 26 heavy (non-hydrogen) atoms. The summed E-state index contributed by atoms with van der Waals surface area (Å²) in [6, 6.07) is 5.23. The molecule has 1 amide bonds. The van der Waals surface area contributed by atoms with Crippen LogP contribution in [0.25, 0.3) is 0 Å². The Bertz CT molecular complexity index is 933. The first kappa shape index (κ1) is 18.7. The maximum atomic E-state index is 13.7. The van der Waals surface area contributed by atoms with Crippen molar-refractivity contribution in [2.24, 2.45) is 0 Å². The van der Waals surface area contributed by atoms with Gasteiger partial charge in [-0.3, -0.25) is 10.1 Å². The normalized spacial score (nSPS) is 10.9. The molecule has 0 atom stereocenters. The van der Waals surface area contributed by atoms with Gasteiger partial charge in [-0.1, -0.05) is 19.1 Å². The summed E-state index contributed by atoms with van der Waals surface area (Å²) in [6.45, 7) is 5.68. The number of hydrogen-bond donors (Lipinski definition) is 1. The lowest BCUT2D eigenvalue weighted by molar-refractivity contribution is 0.103. The second kappa shape index (κ2) is 8.05. The lowest BCUT2D eigenvalue weighted by Crippen LogP contribution is -2.11. The van der Waals surface area contributed by atoms with Gasteiger partial charge in [-0.15, -0.1) is 22.7 Å². The molecule has 2 aromatic heterocycles. The third-order valence-electron chi connectivity index (χ3n) is 3.90. The van der Waals surface area contributed by atoms with Gasteiger partial charge in [-0.2, -0.15) is 0 Å². The predicted molar refractivity (Wildman–Crippen MR) is 105 cm³/mol. The van der Waals surface area contributed by atoms with Crippen molar-refractivity contribution in [2.75, 3.05) is 5.32 Å². The Kier molecular flexibility index (Phi) is 5.78. The number of hydrogen-bond acceptors (Lipinski definition) is 5. The molecular weight excluding hydrogens is 369 g/mol. The number of thiazole rings is 2. The fraction of sp³-hybridized carbons (Fsp3) is 0.316. The summed E-state index contributed by atoms with van der Waals surface area (Å²) < 4.78 is 13.7. The first-order valence-electron chi connectivity index (χ1n) is 8.43. The van der Waals surface area contributed by atoms with E-state index in [1.165, 1.54) is 22.7 Å². The average molecular weight is 390 g/mol. The molecular formula is C19H20FN3OS2. The summed E-state index contributed by atoms with van der Waals surface area (Å²) in [5, 5.41) is 4.37. The summed E-state index contributed by atoms with van der Waals surface area (Å²) in [5.74, 6) is -0.381. The molecule has 3 aromatic rings. The van der Waals surface area contributed by atoms with Crippen LogP contribution in [0.5, 0.6) is 0 Å². The Morgan fingerprint density at radius 2 is 2.08 bits per heavy atom. The number of carbonyl (C=O) groups is 1. The number of benzene rings is 1. The van der Waals surface area contributed by atoms with Gasteiger partial charge in [-0.05, 0) is 43.9 Å². The van der Waals surface area contributed by atoms with Gasteiger partial charge in [0.05, 0.1) is 10.7 Å². The quantitative estimate of drug-likeness (QED) is 0.634. The minimum Gasteiger partial charge on any atom is -0.297 e. The van der Waals surface area contributed by atoms with Gasteiger partial charge >= 0.3 is 0 Å². The second-order valence-corrected chi connectivity index (χ2v) is 8.32. The van der Waals surface area contributed by atoms with E-state index in [4.69, 9.17) is 0 Å². The second-order valence-electron chi connectivity index (χ2n) is 6.12. The maximum Gasteiger partial charge on any atom is 0.269 e. The largest absolute Gasteiger partial charge is 0.297 e. The monoisotopic (exact) mass is 389 g/mol. The zero-order valence-electron chi connectivity index (χ0n) is 14.9. The van der Waals surface area contributed by atoms with E-state index in [2.05, 4.69) is 22.2 Å². The summed E-state index contributed by atoms with van der Waals surface area (Å²) in [5.41, 5.74) is 2.27. The molecule has 4 nitrogen and oxygen atoms in total. The highest BCUT2D eigenvalue weighted by Crippen LogP contribution is 2.25. The molecule has 0 fully saturated rings. The maximum absolute atomic E-state index is 13.7. The highest BCUT2D eigenvalue weighted by Gasteiger charge is 2.16. The van der Waals surface area contributed by atoms with E-state index >= 15 is 0 Å². The van der Waals surface area contributed by atoms with Crippen LogP contribution in [0.4, 0.5) is 9.52 Å². The topological polar surface area (TPSA) is 54.9 Å². The van der Waals surface area contributed by atoms with E-state index in [1.54, 1.807) is 25.3 Å².